The molecule has 1 saturated heterocycles. The lowest BCUT2D eigenvalue weighted by Gasteiger charge is -2.37. The molecule has 3 rings (SSSR count). The van der Waals surface area contributed by atoms with Crippen LogP contribution in [-0.4, -0.2) is 56.6 Å². The first kappa shape index (κ1) is 27.7. The van der Waals surface area contributed by atoms with Crippen molar-refractivity contribution in [2.45, 2.75) is 44.6 Å². The predicted octanol–water partition coefficient (Wildman–Crippen LogP) is 5.72. The molecule has 1 aliphatic heterocycles. The first-order chi connectivity index (χ1) is 17.3. The van der Waals surface area contributed by atoms with Crippen LogP contribution < -0.4 is 15.5 Å². The minimum Gasteiger partial charge on any atom is -0.481 e. The van der Waals surface area contributed by atoms with E-state index in [2.05, 4.69) is 15.5 Å². The van der Waals surface area contributed by atoms with Crippen molar-refractivity contribution in [3.8, 4) is 0 Å². The topological polar surface area (TPSA) is 100 Å². The summed E-state index contributed by atoms with van der Waals surface area (Å²) in [5, 5.41) is 15.0. The maximum absolute atomic E-state index is 14.3. The minimum atomic E-state index is -0.889. The molecule has 1 unspecified atom stereocenters. The molecule has 0 aliphatic carbocycles. The van der Waals surface area contributed by atoms with E-state index in [1.165, 1.54) is 12.1 Å². The summed E-state index contributed by atoms with van der Waals surface area (Å²) in [6, 6.07) is 9.18. The van der Waals surface area contributed by atoms with Crippen LogP contribution in [0.3, 0.4) is 0 Å². The molecule has 0 radical (unpaired) electrons. The summed E-state index contributed by atoms with van der Waals surface area (Å²) in [4.78, 5) is 26.5. The Balaban J connectivity index is 1.96. The first-order valence-electron chi connectivity index (χ1n) is 12.0. The Morgan fingerprint density at radius 3 is 2.56 bits per heavy atom. The van der Waals surface area contributed by atoms with Crippen molar-refractivity contribution in [3.05, 3.63) is 52.8 Å². The van der Waals surface area contributed by atoms with E-state index in [1.807, 2.05) is 25.1 Å². The van der Waals surface area contributed by atoms with Crippen LogP contribution in [-0.2, 0) is 14.3 Å². The summed E-state index contributed by atoms with van der Waals surface area (Å²) < 4.78 is 25.1. The number of methoxy groups -OCH3 is 1. The van der Waals surface area contributed by atoms with Gasteiger partial charge in [-0.15, -0.1) is 0 Å². The number of rotatable bonds is 11. The van der Waals surface area contributed by atoms with Crippen LogP contribution in [0.1, 0.15) is 44.1 Å². The van der Waals surface area contributed by atoms with Gasteiger partial charge in [0.25, 0.3) is 0 Å². The molecular weight excluding hydrogens is 489 g/mol. The summed E-state index contributed by atoms with van der Waals surface area (Å²) in [7, 11) is 1.64. The Bertz CT molecular complexity index is 1050. The number of hydrogen-bond acceptors (Lipinski definition) is 5. The van der Waals surface area contributed by atoms with E-state index in [4.69, 9.17) is 21.1 Å². The molecule has 8 nitrogen and oxygen atoms in total. The van der Waals surface area contributed by atoms with Crippen LogP contribution in [0.25, 0.3) is 0 Å². The lowest BCUT2D eigenvalue weighted by Crippen LogP contribution is -2.42. The summed E-state index contributed by atoms with van der Waals surface area (Å²) in [5.74, 6) is -1.76. The molecule has 2 aromatic carbocycles. The molecule has 1 aliphatic rings. The molecule has 10 heteroatoms. The van der Waals surface area contributed by atoms with E-state index in [9.17, 15) is 19.1 Å². The number of carbonyl (C=O) groups excluding carboxylic acids is 1. The van der Waals surface area contributed by atoms with Crippen molar-refractivity contribution >= 4 is 40.7 Å². The number of anilines is 3. The number of nitrogens with zero attached hydrogens (tertiary/aromatic N) is 1. The average Bonchev–Trinajstić information content (AvgIpc) is 2.85. The zero-order valence-corrected chi connectivity index (χ0v) is 21.3. The minimum absolute atomic E-state index is 0.00687. The molecule has 0 saturated carbocycles. The fourth-order valence-electron chi connectivity index (χ4n) is 4.42. The van der Waals surface area contributed by atoms with Gasteiger partial charge in [-0.25, -0.2) is 9.18 Å². The second-order valence-electron chi connectivity index (χ2n) is 8.71. The highest BCUT2D eigenvalue weighted by Crippen LogP contribution is 2.35. The van der Waals surface area contributed by atoms with Gasteiger partial charge in [-0.3, -0.25) is 4.79 Å². The largest absolute Gasteiger partial charge is 0.481 e. The maximum atomic E-state index is 14.3. The van der Waals surface area contributed by atoms with Crippen molar-refractivity contribution < 1.29 is 28.6 Å². The van der Waals surface area contributed by atoms with Crippen molar-refractivity contribution in [1.29, 1.82) is 0 Å². The van der Waals surface area contributed by atoms with Crippen molar-refractivity contribution in [2.75, 3.05) is 49.0 Å². The van der Waals surface area contributed by atoms with E-state index in [0.29, 0.717) is 38.5 Å². The summed E-state index contributed by atoms with van der Waals surface area (Å²) in [6.45, 7) is 4.29. The van der Waals surface area contributed by atoms with Gasteiger partial charge >= 0.3 is 12.0 Å². The van der Waals surface area contributed by atoms with Gasteiger partial charge < -0.3 is 30.1 Å². The molecule has 1 atom stereocenters. The van der Waals surface area contributed by atoms with E-state index in [-0.39, 0.29) is 29.1 Å². The molecule has 1 heterocycles. The lowest BCUT2D eigenvalue weighted by molar-refractivity contribution is -0.137. The van der Waals surface area contributed by atoms with E-state index in [1.54, 1.807) is 7.11 Å². The van der Waals surface area contributed by atoms with Gasteiger partial charge in [-0.2, -0.15) is 0 Å². The number of urea groups is 1. The second kappa shape index (κ2) is 13.4. The first-order valence-corrected chi connectivity index (χ1v) is 12.4. The summed E-state index contributed by atoms with van der Waals surface area (Å²) >= 11 is 5.82. The van der Waals surface area contributed by atoms with E-state index in [0.717, 1.165) is 30.2 Å². The molecule has 2 amide bonds. The fraction of sp³-hybridized carbons (Fsp3) is 0.462. The van der Waals surface area contributed by atoms with Gasteiger partial charge in [0.1, 0.15) is 5.82 Å². The van der Waals surface area contributed by atoms with Gasteiger partial charge in [0, 0.05) is 37.9 Å². The Labute approximate surface area is 215 Å². The average molecular weight is 522 g/mol. The molecular formula is C26H33ClFN3O5. The Kier molecular flexibility index (Phi) is 10.3. The van der Waals surface area contributed by atoms with Crippen LogP contribution in [0.2, 0.25) is 5.02 Å². The highest BCUT2D eigenvalue weighted by molar-refractivity contribution is 6.30. The molecule has 1 fully saturated rings. The van der Waals surface area contributed by atoms with Crippen LogP contribution in [0.5, 0.6) is 0 Å². The van der Waals surface area contributed by atoms with Crippen LogP contribution in [0.15, 0.2) is 36.4 Å². The highest BCUT2D eigenvalue weighted by atomic mass is 35.5. The number of amides is 2. The molecule has 2 aromatic rings. The smallest absolute Gasteiger partial charge is 0.323 e. The number of aliphatic carboxylic acids is 1. The standard InChI is InChI=1S/C26H33ClFN3O5/c1-3-17(15-25(32)33)18-4-7-24(31(10-13-35-2)20-8-11-36-12-9-20)23(14-18)30-26(34)29-22-6-5-19(27)16-21(22)28/h4-7,14,16-17,20H,3,8-13,15H2,1-2H3,(H,32,33)(H2,29,30,34). The van der Waals surface area contributed by atoms with Crippen molar-refractivity contribution in [1.82, 2.24) is 0 Å². The third kappa shape index (κ3) is 7.56. The summed E-state index contributed by atoms with van der Waals surface area (Å²) in [5.41, 5.74) is 2.08. The molecule has 0 spiro atoms. The molecule has 3 N–H and O–H groups in total. The van der Waals surface area contributed by atoms with Gasteiger partial charge in [0.2, 0.25) is 0 Å². The third-order valence-electron chi connectivity index (χ3n) is 6.31. The van der Waals surface area contributed by atoms with E-state index >= 15 is 0 Å². The number of carboxylic acid groups (broad SMARTS) is 1. The van der Waals surface area contributed by atoms with Gasteiger partial charge in [-0.05, 0) is 61.1 Å². The molecule has 196 valence electrons. The number of nitrogens with one attached hydrogen (secondary N) is 2. The number of hydrogen-bond donors (Lipinski definition) is 3. The Morgan fingerprint density at radius 1 is 1.19 bits per heavy atom. The monoisotopic (exact) mass is 521 g/mol. The molecule has 0 bridgehead atoms. The second-order valence-corrected chi connectivity index (χ2v) is 9.15. The van der Waals surface area contributed by atoms with Crippen molar-refractivity contribution in [3.63, 3.8) is 0 Å². The van der Waals surface area contributed by atoms with Crippen LogP contribution >= 0.6 is 11.6 Å². The molecule has 36 heavy (non-hydrogen) atoms. The number of ether oxygens (including phenoxy) is 2. The van der Waals surface area contributed by atoms with Gasteiger partial charge in [0.15, 0.2) is 0 Å². The third-order valence-corrected chi connectivity index (χ3v) is 6.55. The predicted molar refractivity (Wildman–Crippen MR) is 139 cm³/mol. The number of halogens is 2. The quantitative estimate of drug-likeness (QED) is 0.349. The van der Waals surface area contributed by atoms with Crippen LogP contribution in [0.4, 0.5) is 26.2 Å². The van der Waals surface area contributed by atoms with Gasteiger partial charge in [-0.1, -0.05) is 24.6 Å². The Hall–Kier alpha value is -2.88. The number of benzene rings is 2. The summed E-state index contributed by atoms with van der Waals surface area (Å²) in [6.07, 6.45) is 2.25. The lowest BCUT2D eigenvalue weighted by atomic mass is 9.92. The zero-order chi connectivity index (χ0) is 26.1. The van der Waals surface area contributed by atoms with Crippen LogP contribution in [0, 0.1) is 5.82 Å². The number of carboxylic acids is 1. The zero-order valence-electron chi connectivity index (χ0n) is 20.6. The maximum Gasteiger partial charge on any atom is 0.323 e. The van der Waals surface area contributed by atoms with Gasteiger partial charge in [0.05, 0.1) is 30.1 Å². The Morgan fingerprint density at radius 2 is 1.92 bits per heavy atom. The molecule has 0 aromatic heterocycles. The number of carbonyl (C=O) groups is 2. The fourth-order valence-corrected chi connectivity index (χ4v) is 4.58. The van der Waals surface area contributed by atoms with E-state index < -0.39 is 17.8 Å². The SMILES string of the molecule is CCC(CC(=O)O)c1ccc(N(CCOC)C2CCOCC2)c(NC(=O)Nc2ccc(Cl)cc2F)c1. The highest BCUT2D eigenvalue weighted by Gasteiger charge is 2.25. The van der Waals surface area contributed by atoms with Crippen molar-refractivity contribution in [2.24, 2.45) is 0 Å². The normalized spacial score (nSPS) is 14.8.